The minimum atomic E-state index is -1.17. The molecule has 4 heteroatoms. The highest BCUT2D eigenvalue weighted by molar-refractivity contribution is 9.10. The van der Waals surface area contributed by atoms with Gasteiger partial charge in [-0.2, -0.15) is 0 Å². The van der Waals surface area contributed by atoms with Gasteiger partial charge in [0.05, 0.1) is 5.97 Å². The predicted octanol–water partition coefficient (Wildman–Crippen LogP) is 1.81. The summed E-state index contributed by atoms with van der Waals surface area (Å²) < 4.78 is 0.943. The van der Waals surface area contributed by atoms with Crippen molar-refractivity contribution in [2.75, 3.05) is 18.0 Å². The Morgan fingerprint density at radius 3 is 2.71 bits per heavy atom. The number of carbonyl (C=O) groups is 1. The van der Waals surface area contributed by atoms with Gasteiger partial charge in [0, 0.05) is 23.2 Å². The first-order chi connectivity index (χ1) is 8.16. The van der Waals surface area contributed by atoms with Crippen molar-refractivity contribution in [1.82, 2.24) is 0 Å². The summed E-state index contributed by atoms with van der Waals surface area (Å²) in [4.78, 5) is 12.7. The Hall–Kier alpha value is -1.29. The molecule has 1 saturated heterocycles. The Labute approximate surface area is 109 Å². The van der Waals surface area contributed by atoms with E-state index < -0.39 is 5.97 Å². The minimum absolute atomic E-state index is 0.908. The number of anilines is 1. The van der Waals surface area contributed by atoms with Crippen molar-refractivity contribution in [1.29, 1.82) is 0 Å². The number of aliphatic carboxylic acids is 1. The molecule has 3 nitrogen and oxygen atoms in total. The molecule has 90 valence electrons. The number of carboxylic acids is 1. The maximum atomic E-state index is 10.5. The molecular formula is C13H13BrNO2-. The number of benzene rings is 1. The highest BCUT2D eigenvalue weighted by Gasteiger charge is 2.14. The standard InChI is InChI=1S/C13H14BrNO2/c14-11-4-5-12(15-7-1-2-8-15)10(9-11)3-6-13(16)17/h3-6,9H,1-2,7-8H2,(H,16,17)/p-1/b6-3+. The Balaban J connectivity index is 2.33. The molecule has 0 atom stereocenters. The second-order valence-corrected chi connectivity index (χ2v) is 4.97. The average Bonchev–Trinajstić information content (AvgIpc) is 2.80. The summed E-state index contributed by atoms with van der Waals surface area (Å²) in [7, 11) is 0. The van der Waals surface area contributed by atoms with Gasteiger partial charge in [0.2, 0.25) is 0 Å². The number of nitrogens with zero attached hydrogens (tertiary/aromatic N) is 1. The van der Waals surface area contributed by atoms with E-state index in [2.05, 4.69) is 20.8 Å². The quantitative estimate of drug-likeness (QED) is 0.799. The molecule has 17 heavy (non-hydrogen) atoms. The summed E-state index contributed by atoms with van der Waals surface area (Å²) in [6.07, 6.45) is 5.05. The number of rotatable bonds is 3. The van der Waals surface area contributed by atoms with Crippen LogP contribution in [0.5, 0.6) is 0 Å². The topological polar surface area (TPSA) is 43.4 Å². The van der Waals surface area contributed by atoms with Crippen LogP contribution in [0.4, 0.5) is 5.69 Å². The molecular weight excluding hydrogens is 282 g/mol. The fourth-order valence-electron chi connectivity index (χ4n) is 2.06. The van der Waals surface area contributed by atoms with Crippen LogP contribution in [0.15, 0.2) is 28.7 Å². The molecule has 0 radical (unpaired) electrons. The van der Waals surface area contributed by atoms with Crippen molar-refractivity contribution in [3.05, 3.63) is 34.3 Å². The zero-order valence-corrected chi connectivity index (χ0v) is 10.9. The third kappa shape index (κ3) is 3.09. The number of carbonyl (C=O) groups excluding carboxylic acids is 1. The Kier molecular flexibility index (Phi) is 3.84. The van der Waals surface area contributed by atoms with Gasteiger partial charge in [-0.1, -0.05) is 22.0 Å². The minimum Gasteiger partial charge on any atom is -0.545 e. The smallest absolute Gasteiger partial charge is 0.0643 e. The summed E-state index contributed by atoms with van der Waals surface area (Å²) in [6, 6.07) is 5.92. The third-order valence-corrected chi connectivity index (χ3v) is 3.33. The van der Waals surface area contributed by atoms with Crippen LogP contribution < -0.4 is 10.0 Å². The van der Waals surface area contributed by atoms with Crippen molar-refractivity contribution in [3.8, 4) is 0 Å². The summed E-state index contributed by atoms with van der Waals surface area (Å²) in [5.41, 5.74) is 1.99. The van der Waals surface area contributed by atoms with Crippen LogP contribution in [-0.4, -0.2) is 19.1 Å². The van der Waals surface area contributed by atoms with E-state index in [1.165, 1.54) is 12.8 Å². The van der Waals surface area contributed by atoms with Crippen LogP contribution in [0.2, 0.25) is 0 Å². The Morgan fingerprint density at radius 2 is 2.06 bits per heavy atom. The van der Waals surface area contributed by atoms with Gasteiger partial charge in [-0.3, -0.25) is 0 Å². The first-order valence-corrected chi connectivity index (χ1v) is 6.40. The maximum absolute atomic E-state index is 10.5. The molecule has 0 aliphatic carbocycles. The molecule has 0 bridgehead atoms. The van der Waals surface area contributed by atoms with Gasteiger partial charge in [0.1, 0.15) is 0 Å². The van der Waals surface area contributed by atoms with Crippen LogP contribution >= 0.6 is 15.9 Å². The average molecular weight is 295 g/mol. The molecule has 1 heterocycles. The second kappa shape index (κ2) is 5.36. The van der Waals surface area contributed by atoms with Gasteiger partial charge in [0.25, 0.3) is 0 Å². The van der Waals surface area contributed by atoms with Crippen molar-refractivity contribution >= 4 is 33.7 Å². The van der Waals surface area contributed by atoms with Crippen LogP contribution in [0.3, 0.4) is 0 Å². The van der Waals surface area contributed by atoms with E-state index in [9.17, 15) is 9.90 Å². The first kappa shape index (κ1) is 12.2. The SMILES string of the molecule is O=C([O-])/C=C/c1cc(Br)ccc1N1CCCC1. The van der Waals surface area contributed by atoms with Crippen molar-refractivity contribution in [2.45, 2.75) is 12.8 Å². The van der Waals surface area contributed by atoms with E-state index in [-0.39, 0.29) is 0 Å². The van der Waals surface area contributed by atoms with Crippen molar-refractivity contribution in [2.24, 2.45) is 0 Å². The predicted molar refractivity (Wildman–Crippen MR) is 69.6 cm³/mol. The number of hydrogen-bond donors (Lipinski definition) is 0. The molecule has 1 fully saturated rings. The van der Waals surface area contributed by atoms with Gasteiger partial charge in [-0.15, -0.1) is 0 Å². The fraction of sp³-hybridized carbons (Fsp3) is 0.308. The molecule has 0 spiro atoms. The van der Waals surface area contributed by atoms with Crippen LogP contribution in [0, 0.1) is 0 Å². The number of halogens is 1. The molecule has 1 aliphatic heterocycles. The van der Waals surface area contributed by atoms with Gasteiger partial charge in [0.15, 0.2) is 0 Å². The van der Waals surface area contributed by atoms with Gasteiger partial charge >= 0.3 is 0 Å². The molecule has 0 N–H and O–H groups in total. The molecule has 1 aliphatic rings. The van der Waals surface area contributed by atoms with Gasteiger partial charge < -0.3 is 14.8 Å². The normalized spacial score (nSPS) is 15.7. The lowest BCUT2D eigenvalue weighted by Gasteiger charge is -2.20. The molecule has 0 amide bonds. The molecule has 0 unspecified atom stereocenters. The largest absolute Gasteiger partial charge is 0.545 e. The molecule has 0 aromatic heterocycles. The monoisotopic (exact) mass is 294 g/mol. The van der Waals surface area contributed by atoms with Crippen LogP contribution in [0.25, 0.3) is 6.08 Å². The van der Waals surface area contributed by atoms with E-state index in [0.29, 0.717) is 0 Å². The summed E-state index contributed by atoms with van der Waals surface area (Å²) in [5.74, 6) is -1.17. The first-order valence-electron chi connectivity index (χ1n) is 5.60. The number of carboxylic acid groups (broad SMARTS) is 1. The van der Waals surface area contributed by atoms with Gasteiger partial charge in [-0.25, -0.2) is 0 Å². The lowest BCUT2D eigenvalue weighted by atomic mass is 10.1. The van der Waals surface area contributed by atoms with E-state index in [1.807, 2.05) is 18.2 Å². The van der Waals surface area contributed by atoms with Gasteiger partial charge in [-0.05, 0) is 42.7 Å². The lowest BCUT2D eigenvalue weighted by molar-refractivity contribution is -0.297. The van der Waals surface area contributed by atoms with E-state index in [4.69, 9.17) is 0 Å². The Bertz CT molecular complexity index is 451. The molecule has 1 aromatic rings. The van der Waals surface area contributed by atoms with Crippen LogP contribution in [-0.2, 0) is 4.79 Å². The second-order valence-electron chi connectivity index (χ2n) is 4.05. The third-order valence-electron chi connectivity index (χ3n) is 2.84. The summed E-state index contributed by atoms with van der Waals surface area (Å²) in [5, 5.41) is 10.5. The lowest BCUT2D eigenvalue weighted by Crippen LogP contribution is -2.19. The summed E-state index contributed by atoms with van der Waals surface area (Å²) >= 11 is 3.40. The highest BCUT2D eigenvalue weighted by atomic mass is 79.9. The van der Waals surface area contributed by atoms with E-state index in [0.717, 1.165) is 34.9 Å². The highest BCUT2D eigenvalue weighted by Crippen LogP contribution is 2.28. The molecule has 2 rings (SSSR count). The molecule has 0 saturated carbocycles. The van der Waals surface area contributed by atoms with Crippen molar-refractivity contribution in [3.63, 3.8) is 0 Å². The van der Waals surface area contributed by atoms with E-state index in [1.54, 1.807) is 6.08 Å². The number of hydrogen-bond acceptors (Lipinski definition) is 3. The van der Waals surface area contributed by atoms with Crippen molar-refractivity contribution < 1.29 is 9.90 Å². The van der Waals surface area contributed by atoms with E-state index >= 15 is 0 Å². The maximum Gasteiger partial charge on any atom is 0.0643 e. The zero-order valence-electron chi connectivity index (χ0n) is 9.36. The van der Waals surface area contributed by atoms with Crippen LogP contribution in [0.1, 0.15) is 18.4 Å². The Morgan fingerprint density at radius 1 is 1.35 bits per heavy atom. The fourth-order valence-corrected chi connectivity index (χ4v) is 2.44. The zero-order chi connectivity index (χ0) is 12.3. The summed E-state index contributed by atoms with van der Waals surface area (Å²) in [6.45, 7) is 2.07. The molecule has 1 aromatic carbocycles.